The van der Waals surface area contributed by atoms with Crippen LogP contribution in [-0.4, -0.2) is 23.6 Å². The molecule has 1 aromatic carbocycles. The van der Waals surface area contributed by atoms with E-state index in [-0.39, 0.29) is 5.69 Å². The number of rotatable bonds is 3. The molecule has 0 atom stereocenters. The van der Waals surface area contributed by atoms with E-state index in [4.69, 9.17) is 0 Å². The summed E-state index contributed by atoms with van der Waals surface area (Å²) in [6.07, 6.45) is 0. The maximum absolute atomic E-state index is 13.1. The standard InChI is InChI=1S/C10H9BrFNO4/c1-5(14)17-4-9(15)13-8-3-6(11)2-7(12)10(8)16/h2-3,16H,4H2,1H3,(H,13,15). The van der Waals surface area contributed by atoms with Gasteiger partial charge < -0.3 is 15.2 Å². The van der Waals surface area contributed by atoms with Gasteiger partial charge in [0.05, 0.1) is 5.69 Å². The maximum atomic E-state index is 13.1. The predicted octanol–water partition coefficient (Wildman–Crippen LogP) is 1.80. The number of amides is 1. The van der Waals surface area contributed by atoms with Crippen LogP contribution in [0.1, 0.15) is 6.92 Å². The van der Waals surface area contributed by atoms with Crippen molar-refractivity contribution >= 4 is 33.5 Å². The van der Waals surface area contributed by atoms with Gasteiger partial charge in [-0.15, -0.1) is 0 Å². The molecular formula is C10H9BrFNO4. The molecule has 0 heterocycles. The van der Waals surface area contributed by atoms with Crippen molar-refractivity contribution in [1.82, 2.24) is 0 Å². The highest BCUT2D eigenvalue weighted by Gasteiger charge is 2.12. The van der Waals surface area contributed by atoms with Gasteiger partial charge in [-0.05, 0) is 12.1 Å². The lowest BCUT2D eigenvalue weighted by molar-refractivity contribution is -0.144. The summed E-state index contributed by atoms with van der Waals surface area (Å²) in [5.41, 5.74) is -0.103. The number of halogens is 2. The van der Waals surface area contributed by atoms with Crippen LogP contribution in [0.3, 0.4) is 0 Å². The quantitative estimate of drug-likeness (QED) is 0.659. The van der Waals surface area contributed by atoms with E-state index >= 15 is 0 Å². The fourth-order valence-electron chi connectivity index (χ4n) is 1.01. The van der Waals surface area contributed by atoms with Gasteiger partial charge in [0.1, 0.15) is 0 Å². The van der Waals surface area contributed by atoms with E-state index in [0.29, 0.717) is 4.47 Å². The van der Waals surface area contributed by atoms with Crippen molar-refractivity contribution in [3.8, 4) is 5.75 Å². The van der Waals surface area contributed by atoms with Crippen LogP contribution in [0.4, 0.5) is 10.1 Å². The number of phenols is 1. The first-order valence-electron chi connectivity index (χ1n) is 4.51. The number of hydrogen-bond donors (Lipinski definition) is 2. The molecule has 0 saturated heterocycles. The number of anilines is 1. The third-order valence-corrected chi connectivity index (χ3v) is 2.17. The smallest absolute Gasteiger partial charge is 0.303 e. The van der Waals surface area contributed by atoms with Crippen molar-refractivity contribution in [2.75, 3.05) is 11.9 Å². The van der Waals surface area contributed by atoms with E-state index in [2.05, 4.69) is 26.0 Å². The lowest BCUT2D eigenvalue weighted by atomic mass is 10.3. The molecule has 0 aromatic heterocycles. The van der Waals surface area contributed by atoms with Crippen LogP contribution in [0.25, 0.3) is 0 Å². The molecule has 1 aromatic rings. The normalized spacial score (nSPS) is 9.82. The van der Waals surface area contributed by atoms with Gasteiger partial charge in [-0.1, -0.05) is 15.9 Å². The molecule has 1 amide bonds. The molecule has 0 fully saturated rings. The van der Waals surface area contributed by atoms with E-state index in [0.717, 1.165) is 13.0 Å². The zero-order valence-corrected chi connectivity index (χ0v) is 10.4. The molecule has 92 valence electrons. The minimum atomic E-state index is -0.873. The van der Waals surface area contributed by atoms with Crippen LogP contribution in [-0.2, 0) is 14.3 Å². The van der Waals surface area contributed by atoms with Crippen molar-refractivity contribution in [2.24, 2.45) is 0 Å². The number of hydrogen-bond acceptors (Lipinski definition) is 4. The summed E-state index contributed by atoms with van der Waals surface area (Å²) < 4.78 is 17.9. The lowest BCUT2D eigenvalue weighted by Crippen LogP contribution is -2.20. The molecule has 17 heavy (non-hydrogen) atoms. The SMILES string of the molecule is CC(=O)OCC(=O)Nc1cc(Br)cc(F)c1O. The topological polar surface area (TPSA) is 75.6 Å². The van der Waals surface area contributed by atoms with Gasteiger partial charge in [0.2, 0.25) is 0 Å². The summed E-state index contributed by atoms with van der Waals surface area (Å²) in [6.45, 7) is 0.659. The molecular weight excluding hydrogens is 297 g/mol. The Kier molecular flexibility index (Phi) is 4.45. The first-order chi connectivity index (χ1) is 7.90. The maximum Gasteiger partial charge on any atom is 0.303 e. The largest absolute Gasteiger partial charge is 0.503 e. The van der Waals surface area contributed by atoms with Crippen LogP contribution in [0, 0.1) is 5.82 Å². The number of phenolic OH excluding ortho intramolecular Hbond substituents is 1. The first kappa shape index (κ1) is 13.4. The molecule has 0 radical (unpaired) electrons. The third kappa shape index (κ3) is 4.03. The number of carbonyl (C=O) groups is 2. The van der Waals surface area contributed by atoms with Crippen molar-refractivity contribution in [3.05, 3.63) is 22.4 Å². The van der Waals surface area contributed by atoms with E-state index in [1.165, 1.54) is 6.07 Å². The Morgan fingerprint density at radius 2 is 2.18 bits per heavy atom. The first-order valence-corrected chi connectivity index (χ1v) is 5.30. The van der Waals surface area contributed by atoms with Gasteiger partial charge in [0.15, 0.2) is 18.2 Å². The minimum absolute atomic E-state index is 0.103. The average molecular weight is 306 g/mol. The molecule has 0 bridgehead atoms. The van der Waals surface area contributed by atoms with E-state index < -0.39 is 30.1 Å². The predicted molar refractivity (Wildman–Crippen MR) is 61.0 cm³/mol. The van der Waals surface area contributed by atoms with Crippen LogP contribution in [0.2, 0.25) is 0 Å². The summed E-state index contributed by atoms with van der Waals surface area (Å²) in [5, 5.41) is 11.5. The zero-order valence-electron chi connectivity index (χ0n) is 8.79. The molecule has 0 aliphatic heterocycles. The van der Waals surface area contributed by atoms with Crippen LogP contribution >= 0.6 is 15.9 Å². The Labute approximate surface area is 105 Å². The van der Waals surface area contributed by atoms with Crippen molar-refractivity contribution < 1.29 is 23.8 Å². The van der Waals surface area contributed by atoms with Crippen molar-refractivity contribution in [2.45, 2.75) is 6.92 Å². The Bertz CT molecular complexity index is 464. The van der Waals surface area contributed by atoms with Gasteiger partial charge in [0, 0.05) is 11.4 Å². The van der Waals surface area contributed by atoms with Crippen molar-refractivity contribution in [3.63, 3.8) is 0 Å². The molecule has 0 spiro atoms. The third-order valence-electron chi connectivity index (χ3n) is 1.71. The van der Waals surface area contributed by atoms with Crippen molar-refractivity contribution in [1.29, 1.82) is 0 Å². The van der Waals surface area contributed by atoms with Gasteiger partial charge >= 0.3 is 5.97 Å². The molecule has 2 N–H and O–H groups in total. The van der Waals surface area contributed by atoms with Gasteiger partial charge in [0.25, 0.3) is 5.91 Å². The van der Waals surface area contributed by atoms with E-state index in [9.17, 15) is 19.1 Å². The molecule has 0 unspecified atom stereocenters. The van der Waals surface area contributed by atoms with Crippen LogP contribution < -0.4 is 5.32 Å². The Morgan fingerprint density at radius 3 is 2.76 bits per heavy atom. The lowest BCUT2D eigenvalue weighted by Gasteiger charge is -2.08. The van der Waals surface area contributed by atoms with Gasteiger partial charge in [-0.25, -0.2) is 4.39 Å². The number of benzene rings is 1. The van der Waals surface area contributed by atoms with Gasteiger partial charge in [-0.3, -0.25) is 9.59 Å². The molecule has 0 aliphatic rings. The summed E-state index contributed by atoms with van der Waals surface area (Å²) in [7, 11) is 0. The summed E-state index contributed by atoms with van der Waals surface area (Å²) in [6, 6.07) is 2.38. The van der Waals surface area contributed by atoms with Crippen LogP contribution in [0.5, 0.6) is 5.75 Å². The molecule has 0 saturated carbocycles. The monoisotopic (exact) mass is 305 g/mol. The highest BCUT2D eigenvalue weighted by atomic mass is 79.9. The molecule has 0 aliphatic carbocycles. The summed E-state index contributed by atoms with van der Waals surface area (Å²) in [5.74, 6) is -2.83. The number of ether oxygens (including phenoxy) is 1. The summed E-state index contributed by atoms with van der Waals surface area (Å²) >= 11 is 3.01. The van der Waals surface area contributed by atoms with Crippen LogP contribution in [0.15, 0.2) is 16.6 Å². The molecule has 5 nitrogen and oxygen atoms in total. The number of esters is 1. The fourth-order valence-corrected chi connectivity index (χ4v) is 1.44. The number of aromatic hydroxyl groups is 1. The zero-order chi connectivity index (χ0) is 13.0. The fraction of sp³-hybridized carbons (Fsp3) is 0.200. The highest BCUT2D eigenvalue weighted by molar-refractivity contribution is 9.10. The van der Waals surface area contributed by atoms with E-state index in [1.54, 1.807) is 0 Å². The summed E-state index contributed by atoms with van der Waals surface area (Å²) in [4.78, 5) is 21.7. The second-order valence-electron chi connectivity index (χ2n) is 3.11. The number of carbonyl (C=O) groups excluding carboxylic acids is 2. The Hall–Kier alpha value is -1.63. The molecule has 7 heteroatoms. The number of nitrogens with one attached hydrogen (secondary N) is 1. The van der Waals surface area contributed by atoms with E-state index in [1.807, 2.05) is 0 Å². The minimum Gasteiger partial charge on any atom is -0.503 e. The Morgan fingerprint density at radius 1 is 1.53 bits per heavy atom. The second kappa shape index (κ2) is 5.62. The average Bonchev–Trinajstić information content (AvgIpc) is 2.22. The highest BCUT2D eigenvalue weighted by Crippen LogP contribution is 2.30. The van der Waals surface area contributed by atoms with Gasteiger partial charge in [-0.2, -0.15) is 0 Å². The Balaban J connectivity index is 2.74. The second-order valence-corrected chi connectivity index (χ2v) is 4.03. The molecule has 1 rings (SSSR count).